The van der Waals surface area contributed by atoms with Crippen LogP contribution in [0, 0.1) is 13.8 Å². The number of hydrogen-bond acceptors (Lipinski definition) is 2. The van der Waals surface area contributed by atoms with E-state index in [9.17, 15) is 0 Å². The van der Waals surface area contributed by atoms with Crippen LogP contribution in [0.25, 0.3) is 0 Å². The molecule has 2 aromatic rings. The minimum Gasteiger partial charge on any atom is -0.333 e. The summed E-state index contributed by atoms with van der Waals surface area (Å²) < 4.78 is 2.13. The Kier molecular flexibility index (Phi) is 3.59. The topological polar surface area (TPSA) is 29.9 Å². The van der Waals surface area contributed by atoms with Crippen LogP contribution in [0.3, 0.4) is 0 Å². The second-order valence-corrected chi connectivity index (χ2v) is 4.56. The zero-order valence-electron chi connectivity index (χ0n) is 10.7. The Hall–Kier alpha value is -1.61. The number of imidazole rings is 1. The molecule has 1 N–H and O–H groups in total. The summed E-state index contributed by atoms with van der Waals surface area (Å²) in [5.74, 6) is 0. The van der Waals surface area contributed by atoms with Crippen LogP contribution in [0.2, 0.25) is 0 Å². The van der Waals surface area contributed by atoms with Gasteiger partial charge in [-0.1, -0.05) is 29.3 Å². The summed E-state index contributed by atoms with van der Waals surface area (Å²) in [5, 5.41) is 3.10. The lowest BCUT2D eigenvalue weighted by Crippen LogP contribution is -2.05. The fourth-order valence-electron chi connectivity index (χ4n) is 2.14. The standard InChI is InChI=1S/C14H19N3/c1-11-4-12(2)6-13(5-11)8-17-9-14(7-15-3)16-10-17/h4-6,9-10,15H,7-8H2,1-3H3. The Morgan fingerprint density at radius 2 is 1.88 bits per heavy atom. The van der Waals surface area contributed by atoms with Crippen molar-refractivity contribution in [1.29, 1.82) is 0 Å². The minimum atomic E-state index is 0.819. The molecule has 17 heavy (non-hydrogen) atoms. The molecule has 90 valence electrons. The van der Waals surface area contributed by atoms with Crippen molar-refractivity contribution in [3.63, 3.8) is 0 Å². The molecule has 0 fully saturated rings. The lowest BCUT2D eigenvalue weighted by molar-refractivity contribution is 0.781. The molecule has 0 saturated heterocycles. The van der Waals surface area contributed by atoms with Gasteiger partial charge in [0.2, 0.25) is 0 Å². The van der Waals surface area contributed by atoms with Gasteiger partial charge < -0.3 is 9.88 Å². The van der Waals surface area contributed by atoms with Gasteiger partial charge in [0.25, 0.3) is 0 Å². The molecule has 2 rings (SSSR count). The van der Waals surface area contributed by atoms with E-state index in [1.807, 2.05) is 13.4 Å². The van der Waals surface area contributed by atoms with Crippen LogP contribution in [0.5, 0.6) is 0 Å². The van der Waals surface area contributed by atoms with Gasteiger partial charge in [0, 0.05) is 19.3 Å². The van der Waals surface area contributed by atoms with E-state index < -0.39 is 0 Å². The second-order valence-electron chi connectivity index (χ2n) is 4.56. The van der Waals surface area contributed by atoms with Crippen molar-refractivity contribution < 1.29 is 0 Å². The number of aryl methyl sites for hydroxylation is 2. The predicted octanol–water partition coefficient (Wildman–Crippen LogP) is 2.27. The second kappa shape index (κ2) is 5.15. The maximum atomic E-state index is 4.35. The Morgan fingerprint density at radius 1 is 1.18 bits per heavy atom. The van der Waals surface area contributed by atoms with Gasteiger partial charge in [0.15, 0.2) is 0 Å². The van der Waals surface area contributed by atoms with Gasteiger partial charge in [-0.3, -0.25) is 0 Å². The Morgan fingerprint density at radius 3 is 2.53 bits per heavy atom. The molecule has 0 aliphatic heterocycles. The molecule has 0 atom stereocenters. The van der Waals surface area contributed by atoms with Crippen LogP contribution in [-0.2, 0) is 13.1 Å². The smallest absolute Gasteiger partial charge is 0.0953 e. The Labute approximate surface area is 103 Å². The number of aromatic nitrogens is 2. The van der Waals surface area contributed by atoms with Crippen molar-refractivity contribution in [3.8, 4) is 0 Å². The van der Waals surface area contributed by atoms with E-state index in [0.29, 0.717) is 0 Å². The maximum absolute atomic E-state index is 4.35. The van der Waals surface area contributed by atoms with Crippen LogP contribution < -0.4 is 5.32 Å². The molecule has 1 aromatic heterocycles. The molecule has 1 aromatic carbocycles. The van der Waals surface area contributed by atoms with Crippen molar-refractivity contribution in [2.24, 2.45) is 0 Å². The number of hydrogen-bond donors (Lipinski definition) is 1. The molecule has 0 saturated carbocycles. The Bertz CT molecular complexity index is 480. The molecule has 0 spiro atoms. The highest BCUT2D eigenvalue weighted by atomic mass is 15.0. The fraction of sp³-hybridized carbons (Fsp3) is 0.357. The summed E-state index contributed by atoms with van der Waals surface area (Å²) in [5.41, 5.74) is 5.04. The van der Waals surface area contributed by atoms with Crippen LogP contribution in [0.15, 0.2) is 30.7 Å². The molecule has 0 amide bonds. The molecule has 3 heteroatoms. The van der Waals surface area contributed by atoms with Gasteiger partial charge in [-0.25, -0.2) is 4.98 Å². The fourth-order valence-corrected chi connectivity index (χ4v) is 2.14. The maximum Gasteiger partial charge on any atom is 0.0953 e. The molecule has 0 radical (unpaired) electrons. The van der Waals surface area contributed by atoms with Gasteiger partial charge in [0.1, 0.15) is 0 Å². The minimum absolute atomic E-state index is 0.819. The largest absolute Gasteiger partial charge is 0.333 e. The summed E-state index contributed by atoms with van der Waals surface area (Å²) in [6.07, 6.45) is 3.98. The molecule has 0 bridgehead atoms. The number of rotatable bonds is 4. The van der Waals surface area contributed by atoms with Crippen molar-refractivity contribution >= 4 is 0 Å². The van der Waals surface area contributed by atoms with Gasteiger partial charge in [-0.2, -0.15) is 0 Å². The molecule has 0 aliphatic carbocycles. The lowest BCUT2D eigenvalue weighted by Gasteiger charge is -2.05. The first-order chi connectivity index (χ1) is 8.17. The third-order valence-electron chi connectivity index (χ3n) is 2.69. The molecular weight excluding hydrogens is 210 g/mol. The molecular formula is C14H19N3. The summed E-state index contributed by atoms with van der Waals surface area (Å²) in [6.45, 7) is 5.98. The van der Waals surface area contributed by atoms with E-state index in [0.717, 1.165) is 18.8 Å². The van der Waals surface area contributed by atoms with E-state index in [1.54, 1.807) is 0 Å². The SMILES string of the molecule is CNCc1cn(Cc2cc(C)cc(C)c2)cn1. The van der Waals surface area contributed by atoms with Crippen molar-refractivity contribution in [3.05, 3.63) is 53.1 Å². The molecule has 0 unspecified atom stereocenters. The third-order valence-corrected chi connectivity index (χ3v) is 2.69. The quantitative estimate of drug-likeness (QED) is 0.871. The number of benzene rings is 1. The van der Waals surface area contributed by atoms with E-state index in [-0.39, 0.29) is 0 Å². The van der Waals surface area contributed by atoms with Gasteiger partial charge >= 0.3 is 0 Å². The summed E-state index contributed by atoms with van der Waals surface area (Å²) >= 11 is 0. The van der Waals surface area contributed by atoms with Crippen molar-refractivity contribution in [1.82, 2.24) is 14.9 Å². The van der Waals surface area contributed by atoms with Gasteiger partial charge in [-0.05, 0) is 26.5 Å². The molecule has 3 nitrogen and oxygen atoms in total. The zero-order valence-corrected chi connectivity index (χ0v) is 10.7. The van der Waals surface area contributed by atoms with Crippen LogP contribution in [0.1, 0.15) is 22.4 Å². The lowest BCUT2D eigenvalue weighted by atomic mass is 10.1. The van der Waals surface area contributed by atoms with Crippen LogP contribution in [0.4, 0.5) is 0 Å². The predicted molar refractivity (Wildman–Crippen MR) is 70.0 cm³/mol. The van der Waals surface area contributed by atoms with E-state index in [2.05, 4.69) is 53.1 Å². The average molecular weight is 229 g/mol. The van der Waals surface area contributed by atoms with Crippen LogP contribution in [-0.4, -0.2) is 16.6 Å². The first-order valence-electron chi connectivity index (χ1n) is 5.90. The number of nitrogens with one attached hydrogen (secondary N) is 1. The Balaban J connectivity index is 2.13. The highest BCUT2D eigenvalue weighted by Gasteiger charge is 2.00. The summed E-state index contributed by atoms with van der Waals surface area (Å²) in [7, 11) is 1.93. The normalized spacial score (nSPS) is 10.8. The average Bonchev–Trinajstić information content (AvgIpc) is 2.64. The summed E-state index contributed by atoms with van der Waals surface area (Å²) in [6, 6.07) is 6.65. The summed E-state index contributed by atoms with van der Waals surface area (Å²) in [4.78, 5) is 4.35. The van der Waals surface area contributed by atoms with E-state index >= 15 is 0 Å². The first kappa shape index (κ1) is 11.9. The van der Waals surface area contributed by atoms with Crippen LogP contribution >= 0.6 is 0 Å². The molecule has 0 aliphatic rings. The third kappa shape index (κ3) is 3.17. The van der Waals surface area contributed by atoms with E-state index in [4.69, 9.17) is 0 Å². The highest BCUT2D eigenvalue weighted by Crippen LogP contribution is 2.10. The van der Waals surface area contributed by atoms with Gasteiger partial charge in [0.05, 0.1) is 12.0 Å². The monoisotopic (exact) mass is 229 g/mol. The first-order valence-corrected chi connectivity index (χ1v) is 5.90. The van der Waals surface area contributed by atoms with E-state index in [1.165, 1.54) is 16.7 Å². The van der Waals surface area contributed by atoms with Gasteiger partial charge in [-0.15, -0.1) is 0 Å². The molecule has 1 heterocycles. The number of nitrogens with zero attached hydrogens (tertiary/aromatic N) is 2. The van der Waals surface area contributed by atoms with Crippen molar-refractivity contribution in [2.75, 3.05) is 7.05 Å². The highest BCUT2D eigenvalue weighted by molar-refractivity contribution is 5.28. The van der Waals surface area contributed by atoms with Crippen molar-refractivity contribution in [2.45, 2.75) is 26.9 Å². The zero-order chi connectivity index (χ0) is 12.3.